The number of ether oxygens (including phenoxy) is 3. The fraction of sp³-hybridized carbons (Fsp3) is 0.333. The van der Waals surface area contributed by atoms with E-state index in [-0.39, 0.29) is 65.4 Å². The maximum Gasteiger partial charge on any atom is 0.338 e. The van der Waals surface area contributed by atoms with Crippen molar-refractivity contribution in [3.63, 3.8) is 0 Å². The van der Waals surface area contributed by atoms with Gasteiger partial charge in [-0.3, -0.25) is 24.1 Å². The minimum atomic E-state index is -0.520. The molecule has 2 N–H and O–H groups in total. The summed E-state index contributed by atoms with van der Waals surface area (Å²) in [6, 6.07) is 20.2. The zero-order chi connectivity index (χ0) is 37.0. The van der Waals surface area contributed by atoms with Gasteiger partial charge in [-0.25, -0.2) is 9.59 Å². The Balaban J connectivity index is 1.05. The Morgan fingerprint density at radius 2 is 1.45 bits per heavy atom. The van der Waals surface area contributed by atoms with Gasteiger partial charge in [0.25, 0.3) is 5.91 Å². The highest BCUT2D eigenvalue weighted by molar-refractivity contribution is 8.00. The Labute approximate surface area is 312 Å². The largest absolute Gasteiger partial charge is 0.483 e. The van der Waals surface area contributed by atoms with E-state index >= 15 is 0 Å². The first-order chi connectivity index (χ1) is 25.7. The Morgan fingerprint density at radius 1 is 0.830 bits per heavy atom. The molecule has 2 saturated carbocycles. The van der Waals surface area contributed by atoms with Crippen LogP contribution in [-0.2, 0) is 23.9 Å². The number of fused-ring (bicyclic) bond motifs is 9. The van der Waals surface area contributed by atoms with E-state index in [2.05, 4.69) is 10.3 Å². The van der Waals surface area contributed by atoms with Gasteiger partial charge in [-0.2, -0.15) is 0 Å². The van der Waals surface area contributed by atoms with Crippen molar-refractivity contribution in [2.45, 2.75) is 36.5 Å². The van der Waals surface area contributed by atoms with Crippen molar-refractivity contribution in [1.82, 2.24) is 4.98 Å². The molecular weight excluding hydrogens is 719 g/mol. The molecule has 3 fully saturated rings. The molecule has 2 aliphatic carbocycles. The molecule has 2 bridgehead atoms. The second kappa shape index (κ2) is 14.0. The van der Waals surface area contributed by atoms with E-state index in [0.29, 0.717) is 34.7 Å². The summed E-state index contributed by atoms with van der Waals surface area (Å²) in [5, 5.41) is 3.51. The van der Waals surface area contributed by atoms with Crippen molar-refractivity contribution in [1.29, 1.82) is 0 Å². The summed E-state index contributed by atoms with van der Waals surface area (Å²) >= 11 is 2.73. The highest BCUT2D eigenvalue weighted by Gasteiger charge is 2.69. The normalized spacial score (nSPS) is 25.0. The number of aromatic nitrogens is 1. The maximum absolute atomic E-state index is 14.2. The van der Waals surface area contributed by atoms with Crippen molar-refractivity contribution in [3.05, 3.63) is 104 Å². The number of nitrogens with one attached hydrogen (secondary N) is 2. The molecule has 3 aromatic carbocycles. The maximum atomic E-state index is 14.2. The average molecular weight is 754 g/mol. The molecule has 14 heteroatoms. The number of hydrogen-bond acceptors (Lipinski definition) is 11. The molecule has 8 rings (SSSR count). The van der Waals surface area contributed by atoms with Crippen LogP contribution in [0.5, 0.6) is 5.75 Å². The molecule has 3 heterocycles. The zero-order valence-electron chi connectivity index (χ0n) is 28.7. The lowest BCUT2D eigenvalue weighted by molar-refractivity contribution is -0.123. The third kappa shape index (κ3) is 6.03. The van der Waals surface area contributed by atoms with Gasteiger partial charge in [-0.1, -0.05) is 29.5 Å². The lowest BCUT2D eigenvalue weighted by atomic mass is 9.68. The van der Waals surface area contributed by atoms with Gasteiger partial charge in [-0.15, -0.1) is 11.8 Å². The van der Waals surface area contributed by atoms with Crippen LogP contribution in [0.2, 0.25) is 0 Å². The molecule has 2 aliphatic heterocycles. The molecule has 7 atom stereocenters. The van der Waals surface area contributed by atoms with Gasteiger partial charge < -0.3 is 24.5 Å². The van der Waals surface area contributed by atoms with Crippen LogP contribution in [0.4, 0.5) is 11.4 Å². The van der Waals surface area contributed by atoms with Gasteiger partial charge in [0.15, 0.2) is 6.61 Å². The third-order valence-corrected chi connectivity index (χ3v) is 13.2. The number of thioether (sulfide) groups is 1. The number of anilines is 2. The van der Waals surface area contributed by atoms with Crippen LogP contribution in [-0.4, -0.2) is 59.7 Å². The second-order valence-corrected chi connectivity index (χ2v) is 15.6. The van der Waals surface area contributed by atoms with Crippen LogP contribution in [0.1, 0.15) is 57.3 Å². The first kappa shape index (κ1) is 34.9. The SMILES string of the molecule is CCOC(=O)c1ccc(NC(=O)COc2ccccc2[C@H]2c3sc(=O)[nH]c3SC3C4CC(C5C(=O)N(c6ccc(C(=O)OCC)cc6)C(=O)C45)C32)cc1. The molecule has 0 radical (unpaired) electrons. The van der Waals surface area contributed by atoms with Crippen LogP contribution in [0.15, 0.2) is 82.6 Å². The van der Waals surface area contributed by atoms with E-state index in [4.69, 9.17) is 14.2 Å². The molecule has 12 nitrogen and oxygen atoms in total. The molecule has 1 aromatic heterocycles. The average Bonchev–Trinajstić information content (AvgIpc) is 3.90. The number of rotatable bonds is 10. The summed E-state index contributed by atoms with van der Waals surface area (Å²) in [6.07, 6.45) is 0.709. The summed E-state index contributed by atoms with van der Waals surface area (Å²) < 4.78 is 16.3. The zero-order valence-corrected chi connectivity index (χ0v) is 30.4. The Bertz CT molecular complexity index is 2180. The number of amides is 3. The smallest absolute Gasteiger partial charge is 0.338 e. The van der Waals surface area contributed by atoms with Gasteiger partial charge in [0, 0.05) is 27.3 Å². The number of H-pyrrole nitrogens is 1. The van der Waals surface area contributed by atoms with Crippen molar-refractivity contribution in [3.8, 4) is 5.75 Å². The highest BCUT2D eigenvalue weighted by Crippen LogP contribution is 2.69. The number of carbonyl (C=O) groups is 5. The van der Waals surface area contributed by atoms with E-state index < -0.39 is 29.7 Å². The highest BCUT2D eigenvalue weighted by atomic mass is 32.2. The number of carbonyl (C=O) groups excluding carboxylic acids is 5. The predicted molar refractivity (Wildman–Crippen MR) is 196 cm³/mol. The van der Waals surface area contributed by atoms with Crippen molar-refractivity contribution in [2.75, 3.05) is 30.0 Å². The summed E-state index contributed by atoms with van der Waals surface area (Å²) in [5.41, 5.74) is 2.43. The number of aromatic amines is 1. The fourth-order valence-electron chi connectivity index (χ4n) is 8.69. The third-order valence-electron chi connectivity index (χ3n) is 10.7. The van der Waals surface area contributed by atoms with Gasteiger partial charge >= 0.3 is 16.8 Å². The molecule has 4 aliphatic rings. The van der Waals surface area contributed by atoms with Crippen molar-refractivity contribution in [2.24, 2.45) is 29.6 Å². The van der Waals surface area contributed by atoms with E-state index in [1.54, 1.807) is 80.2 Å². The van der Waals surface area contributed by atoms with E-state index in [9.17, 15) is 28.8 Å². The summed E-state index contributed by atoms with van der Waals surface area (Å²) in [6.45, 7) is 3.65. The number of para-hydroxylation sites is 1. The predicted octanol–water partition coefficient (Wildman–Crippen LogP) is 5.49. The summed E-state index contributed by atoms with van der Waals surface area (Å²) in [7, 11) is 0. The molecule has 272 valence electrons. The molecule has 0 spiro atoms. The van der Waals surface area contributed by atoms with Gasteiger partial charge in [0.1, 0.15) is 5.75 Å². The van der Waals surface area contributed by atoms with E-state index in [1.165, 1.54) is 4.90 Å². The molecular formula is C39H35N3O9S2. The van der Waals surface area contributed by atoms with Crippen molar-refractivity contribution >= 4 is 64.1 Å². The molecule has 6 unspecified atom stereocenters. The lowest BCUT2D eigenvalue weighted by Gasteiger charge is -2.43. The van der Waals surface area contributed by atoms with Crippen LogP contribution >= 0.6 is 23.1 Å². The second-order valence-electron chi connectivity index (χ2n) is 13.4. The first-order valence-corrected chi connectivity index (χ1v) is 19.2. The quantitative estimate of drug-likeness (QED) is 0.157. The van der Waals surface area contributed by atoms with Gasteiger partial charge in [0.2, 0.25) is 11.8 Å². The topological polar surface area (TPSA) is 161 Å². The number of nitrogens with zero attached hydrogens (tertiary/aromatic N) is 1. The number of thiazole rings is 1. The number of benzene rings is 3. The number of esters is 2. The van der Waals surface area contributed by atoms with Crippen LogP contribution in [0.3, 0.4) is 0 Å². The minimum Gasteiger partial charge on any atom is -0.483 e. The first-order valence-electron chi connectivity index (χ1n) is 17.5. The summed E-state index contributed by atoms with van der Waals surface area (Å²) in [4.78, 5) is 83.3. The van der Waals surface area contributed by atoms with E-state index in [0.717, 1.165) is 26.8 Å². The Morgan fingerprint density at radius 3 is 2.11 bits per heavy atom. The Hall–Kier alpha value is -5.21. The molecule has 3 amide bonds. The van der Waals surface area contributed by atoms with Crippen molar-refractivity contribution < 1.29 is 38.2 Å². The van der Waals surface area contributed by atoms with Crippen LogP contribution in [0, 0.1) is 29.6 Å². The minimum absolute atomic E-state index is 0.0409. The monoisotopic (exact) mass is 753 g/mol. The molecule has 1 saturated heterocycles. The number of hydrogen-bond donors (Lipinski definition) is 2. The standard InChI is InChI=1S/C39H35N3O9S2/c1-3-49-37(46)19-9-13-21(14-10-19)40-27(43)18-51-26-8-6-5-7-23(26)28-29-24-17-25(32(29)52-34-33(28)53-39(48)41-34)31-30(24)35(44)42(36(31)45)22-15-11-20(12-16-22)38(47)50-4-2/h5-16,24-25,28-32H,3-4,17-18H2,1-2H3,(H,40,43)(H,41,48)/t24?,25?,28-,29?,30?,31?,32?/m1/s1. The van der Waals surface area contributed by atoms with Crippen LogP contribution < -0.4 is 19.8 Å². The summed E-state index contributed by atoms with van der Waals surface area (Å²) in [5.74, 6) is -2.94. The van der Waals surface area contributed by atoms with Crippen LogP contribution in [0.25, 0.3) is 0 Å². The lowest BCUT2D eigenvalue weighted by Crippen LogP contribution is -2.42. The number of imide groups is 1. The van der Waals surface area contributed by atoms with E-state index in [1.807, 2.05) is 18.2 Å². The molecule has 4 aromatic rings. The Kier molecular flexibility index (Phi) is 9.19. The molecule has 53 heavy (non-hydrogen) atoms. The fourth-order valence-corrected chi connectivity index (χ4v) is 11.6. The van der Waals surface area contributed by atoms with Gasteiger partial charge in [0.05, 0.1) is 46.9 Å². The van der Waals surface area contributed by atoms with Gasteiger partial charge in [-0.05, 0) is 92.6 Å².